The Kier molecular flexibility index (Phi) is 11.1. The second-order valence-electron chi connectivity index (χ2n) is 8.15. The van der Waals surface area contributed by atoms with Crippen LogP contribution in [0.1, 0.15) is 90.5 Å². The van der Waals surface area contributed by atoms with E-state index in [1.165, 1.54) is 44.1 Å². The van der Waals surface area contributed by atoms with Crippen LogP contribution in [0.25, 0.3) is 11.4 Å². The summed E-state index contributed by atoms with van der Waals surface area (Å²) in [5, 5.41) is 0. The van der Waals surface area contributed by atoms with Crippen molar-refractivity contribution in [2.24, 2.45) is 5.92 Å². The van der Waals surface area contributed by atoms with E-state index < -0.39 is 0 Å². The highest BCUT2D eigenvalue weighted by molar-refractivity contribution is 5.75. The minimum absolute atomic E-state index is 0.0119. The van der Waals surface area contributed by atoms with Gasteiger partial charge in [0.05, 0.1) is 5.92 Å². The van der Waals surface area contributed by atoms with Crippen LogP contribution in [0.15, 0.2) is 36.7 Å². The van der Waals surface area contributed by atoms with Crippen molar-refractivity contribution in [1.29, 1.82) is 0 Å². The lowest BCUT2D eigenvalue weighted by Gasteiger charge is -2.14. The highest BCUT2D eigenvalue weighted by Crippen LogP contribution is 2.22. The molecule has 0 radical (unpaired) electrons. The molecule has 0 fully saturated rings. The van der Waals surface area contributed by atoms with E-state index in [2.05, 4.69) is 30.7 Å². The molecule has 0 bridgehead atoms. The first-order chi connectivity index (χ1) is 14.7. The fraction of sp³-hybridized carbons (Fsp3) is 0.577. The summed E-state index contributed by atoms with van der Waals surface area (Å²) in [6.07, 6.45) is 16.4. The number of esters is 1. The molecule has 0 aliphatic heterocycles. The molecule has 164 valence electrons. The number of rotatable bonds is 14. The molecule has 1 aromatic carbocycles. The van der Waals surface area contributed by atoms with Gasteiger partial charge < -0.3 is 4.74 Å². The van der Waals surface area contributed by atoms with Gasteiger partial charge in [0.15, 0.2) is 5.82 Å². The van der Waals surface area contributed by atoms with Crippen LogP contribution >= 0.6 is 0 Å². The maximum Gasteiger partial charge on any atom is 0.314 e. The lowest BCUT2D eigenvalue weighted by Crippen LogP contribution is -2.20. The highest BCUT2D eigenvalue weighted by Gasteiger charge is 2.18. The molecule has 1 aromatic heterocycles. The van der Waals surface area contributed by atoms with E-state index in [9.17, 15) is 4.79 Å². The number of carbonyl (C=O) groups is 1. The van der Waals surface area contributed by atoms with Crippen LogP contribution in [0, 0.1) is 5.92 Å². The van der Waals surface area contributed by atoms with E-state index in [-0.39, 0.29) is 11.9 Å². The van der Waals surface area contributed by atoms with Crippen molar-refractivity contribution in [2.45, 2.75) is 91.4 Å². The van der Waals surface area contributed by atoms with Gasteiger partial charge in [-0.05, 0) is 55.5 Å². The SMILES string of the molecule is CCCCCCCCc1cnc(-c2ccc(OC(=O)C(CCC)CCC)cc2)nc1. The Morgan fingerprint density at radius 2 is 1.43 bits per heavy atom. The summed E-state index contributed by atoms with van der Waals surface area (Å²) in [6, 6.07) is 7.49. The van der Waals surface area contributed by atoms with E-state index >= 15 is 0 Å². The van der Waals surface area contributed by atoms with Crippen molar-refractivity contribution >= 4 is 5.97 Å². The Morgan fingerprint density at radius 1 is 0.833 bits per heavy atom. The monoisotopic (exact) mass is 410 g/mol. The summed E-state index contributed by atoms with van der Waals surface area (Å²) in [5.74, 6) is 1.15. The fourth-order valence-electron chi connectivity index (χ4n) is 3.69. The summed E-state index contributed by atoms with van der Waals surface area (Å²) in [6.45, 7) is 6.45. The second-order valence-corrected chi connectivity index (χ2v) is 8.15. The number of carbonyl (C=O) groups excluding carboxylic acids is 1. The average molecular weight is 411 g/mol. The van der Waals surface area contributed by atoms with Gasteiger partial charge in [-0.3, -0.25) is 4.79 Å². The Labute approximate surface area is 182 Å². The molecule has 4 heteroatoms. The number of unbranched alkanes of at least 4 members (excludes halogenated alkanes) is 5. The van der Waals surface area contributed by atoms with Gasteiger partial charge in [-0.15, -0.1) is 0 Å². The molecule has 0 spiro atoms. The van der Waals surface area contributed by atoms with E-state index in [1.807, 2.05) is 36.7 Å². The predicted octanol–water partition coefficient (Wildman–Crippen LogP) is 7.17. The number of hydrogen-bond donors (Lipinski definition) is 0. The molecule has 0 saturated carbocycles. The Balaban J connectivity index is 1.86. The largest absolute Gasteiger partial charge is 0.426 e. The van der Waals surface area contributed by atoms with Crippen LogP contribution < -0.4 is 4.74 Å². The molecule has 4 nitrogen and oxygen atoms in total. The average Bonchev–Trinajstić information content (AvgIpc) is 2.77. The lowest BCUT2D eigenvalue weighted by atomic mass is 9.99. The minimum Gasteiger partial charge on any atom is -0.426 e. The van der Waals surface area contributed by atoms with Crippen LogP contribution in [0.5, 0.6) is 5.75 Å². The third kappa shape index (κ3) is 8.25. The van der Waals surface area contributed by atoms with Crippen LogP contribution in [0.2, 0.25) is 0 Å². The van der Waals surface area contributed by atoms with Crippen LogP contribution in [0.4, 0.5) is 0 Å². The zero-order valence-electron chi connectivity index (χ0n) is 19.0. The zero-order valence-corrected chi connectivity index (χ0v) is 19.0. The van der Waals surface area contributed by atoms with Crippen molar-refractivity contribution in [3.05, 3.63) is 42.2 Å². The van der Waals surface area contributed by atoms with Crippen molar-refractivity contribution < 1.29 is 9.53 Å². The molecular formula is C26H38N2O2. The Hall–Kier alpha value is -2.23. The van der Waals surface area contributed by atoms with Gasteiger partial charge in [-0.25, -0.2) is 9.97 Å². The van der Waals surface area contributed by atoms with Crippen LogP contribution in [-0.4, -0.2) is 15.9 Å². The van der Waals surface area contributed by atoms with Crippen molar-refractivity contribution in [3.8, 4) is 17.1 Å². The lowest BCUT2D eigenvalue weighted by molar-refractivity contribution is -0.139. The number of nitrogens with zero attached hydrogens (tertiary/aromatic N) is 2. The number of aryl methyl sites for hydroxylation is 1. The first-order valence-corrected chi connectivity index (χ1v) is 11.8. The molecule has 0 atom stereocenters. The van der Waals surface area contributed by atoms with Crippen LogP contribution in [-0.2, 0) is 11.2 Å². The number of ether oxygens (including phenoxy) is 1. The molecule has 0 saturated heterocycles. The summed E-state index contributed by atoms with van der Waals surface area (Å²) in [5.41, 5.74) is 2.12. The summed E-state index contributed by atoms with van der Waals surface area (Å²) < 4.78 is 5.59. The molecular weight excluding hydrogens is 372 g/mol. The van der Waals surface area contributed by atoms with Gasteiger partial charge >= 0.3 is 5.97 Å². The number of hydrogen-bond acceptors (Lipinski definition) is 4. The fourth-order valence-corrected chi connectivity index (χ4v) is 3.69. The van der Waals surface area contributed by atoms with Gasteiger partial charge in [-0.2, -0.15) is 0 Å². The first kappa shape index (κ1) is 24.0. The maximum absolute atomic E-state index is 12.4. The van der Waals surface area contributed by atoms with Gasteiger partial charge in [0.2, 0.25) is 0 Å². The number of aromatic nitrogens is 2. The third-order valence-electron chi connectivity index (χ3n) is 5.46. The molecule has 0 aliphatic rings. The van der Waals surface area contributed by atoms with E-state index in [0.29, 0.717) is 11.6 Å². The molecule has 0 aliphatic carbocycles. The number of benzene rings is 1. The molecule has 0 amide bonds. The summed E-state index contributed by atoms with van der Waals surface area (Å²) in [4.78, 5) is 21.4. The highest BCUT2D eigenvalue weighted by atomic mass is 16.5. The molecule has 2 rings (SSSR count). The predicted molar refractivity (Wildman–Crippen MR) is 123 cm³/mol. The quantitative estimate of drug-likeness (QED) is 0.188. The Bertz CT molecular complexity index is 720. The zero-order chi connectivity index (χ0) is 21.6. The maximum atomic E-state index is 12.4. The standard InChI is InChI=1S/C26H38N2O2/c1-4-7-8-9-10-11-14-21-19-27-25(28-20-21)22-15-17-24(18-16-22)30-26(29)23(12-5-2)13-6-3/h15-20,23H,4-14H2,1-3H3. The van der Waals surface area contributed by atoms with E-state index in [1.54, 1.807) is 0 Å². The van der Waals surface area contributed by atoms with Gasteiger partial charge in [-0.1, -0.05) is 65.7 Å². The van der Waals surface area contributed by atoms with E-state index in [0.717, 1.165) is 37.7 Å². The second kappa shape index (κ2) is 13.9. The molecule has 0 unspecified atom stereocenters. The molecule has 30 heavy (non-hydrogen) atoms. The van der Waals surface area contributed by atoms with Crippen molar-refractivity contribution in [3.63, 3.8) is 0 Å². The normalized spacial score (nSPS) is 11.1. The molecule has 0 N–H and O–H groups in total. The minimum atomic E-state index is -0.123. The molecule has 2 aromatic rings. The van der Waals surface area contributed by atoms with Gasteiger partial charge in [0.25, 0.3) is 0 Å². The first-order valence-electron chi connectivity index (χ1n) is 11.8. The van der Waals surface area contributed by atoms with Crippen LogP contribution in [0.3, 0.4) is 0 Å². The summed E-state index contributed by atoms with van der Waals surface area (Å²) in [7, 11) is 0. The van der Waals surface area contributed by atoms with Gasteiger partial charge in [0, 0.05) is 18.0 Å². The van der Waals surface area contributed by atoms with E-state index in [4.69, 9.17) is 4.74 Å². The smallest absolute Gasteiger partial charge is 0.314 e. The van der Waals surface area contributed by atoms with Crippen molar-refractivity contribution in [2.75, 3.05) is 0 Å². The van der Waals surface area contributed by atoms with Gasteiger partial charge in [0.1, 0.15) is 5.75 Å². The summed E-state index contributed by atoms with van der Waals surface area (Å²) >= 11 is 0. The third-order valence-corrected chi connectivity index (χ3v) is 5.46. The topological polar surface area (TPSA) is 52.1 Å². The van der Waals surface area contributed by atoms with Crippen molar-refractivity contribution in [1.82, 2.24) is 9.97 Å². The Morgan fingerprint density at radius 3 is 2.03 bits per heavy atom. The molecule has 1 heterocycles.